The van der Waals surface area contributed by atoms with E-state index in [1.165, 1.54) is 11.3 Å². The fourth-order valence-electron chi connectivity index (χ4n) is 2.55. The molecule has 0 saturated heterocycles. The van der Waals surface area contributed by atoms with Crippen molar-refractivity contribution in [2.24, 2.45) is 5.73 Å². The van der Waals surface area contributed by atoms with Crippen LogP contribution in [-0.2, 0) is 19.1 Å². The predicted molar refractivity (Wildman–Crippen MR) is 112 cm³/mol. The van der Waals surface area contributed by atoms with Gasteiger partial charge in [-0.1, -0.05) is 6.07 Å². The zero-order valence-corrected chi connectivity index (χ0v) is 16.9. The quantitative estimate of drug-likeness (QED) is 0.268. The maximum absolute atomic E-state index is 12.3. The van der Waals surface area contributed by atoms with Crippen LogP contribution in [0.2, 0.25) is 0 Å². The van der Waals surface area contributed by atoms with E-state index in [0.29, 0.717) is 11.3 Å². The monoisotopic (exact) mass is 416 g/mol. The van der Waals surface area contributed by atoms with E-state index in [0.717, 1.165) is 4.88 Å². The van der Waals surface area contributed by atoms with Crippen molar-refractivity contribution in [1.29, 1.82) is 5.41 Å². The van der Waals surface area contributed by atoms with Gasteiger partial charge in [0.25, 0.3) is 0 Å². The molecule has 2 aromatic rings. The normalized spacial score (nSPS) is 11.3. The van der Waals surface area contributed by atoms with Gasteiger partial charge in [0.15, 0.2) is 0 Å². The molecule has 0 aliphatic heterocycles. The number of amides is 2. The van der Waals surface area contributed by atoms with Crippen molar-refractivity contribution >= 4 is 40.6 Å². The Labute approximate surface area is 173 Å². The van der Waals surface area contributed by atoms with E-state index in [1.54, 1.807) is 31.2 Å². The van der Waals surface area contributed by atoms with Gasteiger partial charge in [-0.15, -0.1) is 11.3 Å². The molecule has 1 aromatic carbocycles. The van der Waals surface area contributed by atoms with Gasteiger partial charge in [0.1, 0.15) is 5.84 Å². The Bertz CT molecular complexity index is 850. The number of esters is 1. The summed E-state index contributed by atoms with van der Waals surface area (Å²) in [6.07, 6.45) is 0.0215. The second-order valence-electron chi connectivity index (χ2n) is 6.18. The van der Waals surface area contributed by atoms with Crippen LogP contribution in [0.4, 0.5) is 5.69 Å². The zero-order valence-electron chi connectivity index (χ0n) is 16.1. The molecule has 154 valence electrons. The summed E-state index contributed by atoms with van der Waals surface area (Å²) in [6.45, 7) is 2.00. The molecule has 0 aliphatic rings. The molecule has 0 spiro atoms. The number of amidine groups is 1. The van der Waals surface area contributed by atoms with Crippen LogP contribution < -0.4 is 16.4 Å². The first-order valence-electron chi connectivity index (χ1n) is 9.11. The summed E-state index contributed by atoms with van der Waals surface area (Å²) in [5.74, 6) is -1.08. The molecule has 1 unspecified atom stereocenters. The predicted octanol–water partition coefficient (Wildman–Crippen LogP) is 2.56. The van der Waals surface area contributed by atoms with Crippen molar-refractivity contribution in [2.45, 2.75) is 32.2 Å². The van der Waals surface area contributed by atoms with Gasteiger partial charge in [-0.2, -0.15) is 0 Å². The number of ether oxygens (including phenoxy) is 1. The lowest BCUT2D eigenvalue weighted by Gasteiger charge is -2.16. The molecule has 1 aromatic heterocycles. The number of nitrogens with one attached hydrogen (secondary N) is 3. The molecular formula is C20H24N4O4S. The van der Waals surface area contributed by atoms with E-state index in [2.05, 4.69) is 10.6 Å². The summed E-state index contributed by atoms with van der Waals surface area (Å²) in [5.41, 5.74) is 6.50. The number of nitrogen functional groups attached to an aromatic ring is 1. The number of hydrogen-bond acceptors (Lipinski definition) is 6. The van der Waals surface area contributed by atoms with Crippen LogP contribution in [0.1, 0.15) is 42.7 Å². The lowest BCUT2D eigenvalue weighted by Crippen LogP contribution is -2.30. The Morgan fingerprint density at radius 1 is 1.14 bits per heavy atom. The zero-order chi connectivity index (χ0) is 21.2. The first-order chi connectivity index (χ1) is 13.9. The number of thiophene rings is 1. The molecule has 5 N–H and O–H groups in total. The van der Waals surface area contributed by atoms with Gasteiger partial charge in [-0.05, 0) is 42.6 Å². The van der Waals surface area contributed by atoms with E-state index >= 15 is 0 Å². The van der Waals surface area contributed by atoms with Crippen molar-refractivity contribution in [1.82, 2.24) is 5.32 Å². The lowest BCUT2D eigenvalue weighted by atomic mass is 10.1. The van der Waals surface area contributed by atoms with Crippen molar-refractivity contribution in [3.8, 4) is 0 Å². The van der Waals surface area contributed by atoms with E-state index < -0.39 is 12.0 Å². The van der Waals surface area contributed by atoms with Crippen LogP contribution >= 0.6 is 11.3 Å². The minimum Gasteiger partial charge on any atom is -0.466 e. The molecule has 8 nitrogen and oxygen atoms in total. The summed E-state index contributed by atoms with van der Waals surface area (Å²) in [4.78, 5) is 37.0. The maximum atomic E-state index is 12.3. The van der Waals surface area contributed by atoms with Gasteiger partial charge < -0.3 is 21.1 Å². The van der Waals surface area contributed by atoms with Crippen molar-refractivity contribution in [3.05, 3.63) is 52.2 Å². The molecule has 1 heterocycles. The van der Waals surface area contributed by atoms with Gasteiger partial charge in [0, 0.05) is 29.0 Å². The molecule has 2 rings (SSSR count). The fraction of sp³-hybridized carbons (Fsp3) is 0.300. The topological polar surface area (TPSA) is 134 Å². The van der Waals surface area contributed by atoms with Crippen LogP contribution in [0.3, 0.4) is 0 Å². The van der Waals surface area contributed by atoms with E-state index in [-0.39, 0.29) is 43.5 Å². The minimum atomic E-state index is -0.483. The number of carbonyl (C=O) groups is 3. The van der Waals surface area contributed by atoms with Crippen LogP contribution in [0, 0.1) is 5.41 Å². The van der Waals surface area contributed by atoms with Gasteiger partial charge in [-0.25, -0.2) is 0 Å². The van der Waals surface area contributed by atoms with Gasteiger partial charge in [-0.3, -0.25) is 19.8 Å². The van der Waals surface area contributed by atoms with Crippen LogP contribution in [-0.4, -0.2) is 30.2 Å². The highest BCUT2D eigenvalue weighted by Crippen LogP contribution is 2.22. The standard InChI is InChI=1S/C20H24N4O4S/c1-2-28-19(27)12-15(16-4-3-11-29-16)24-18(26)10-9-17(25)23-14-7-5-13(6-8-14)20(21)22/h3-8,11,15H,2,9-10,12H2,1H3,(H3,21,22)(H,23,25)(H,24,26). The van der Waals surface area contributed by atoms with Gasteiger partial charge in [0.2, 0.25) is 11.8 Å². The summed E-state index contributed by atoms with van der Waals surface area (Å²) >= 11 is 1.44. The average molecular weight is 417 g/mol. The van der Waals surface area contributed by atoms with Crippen molar-refractivity contribution in [2.75, 3.05) is 11.9 Å². The first-order valence-corrected chi connectivity index (χ1v) is 9.99. The largest absolute Gasteiger partial charge is 0.466 e. The molecule has 2 amide bonds. The molecule has 0 bridgehead atoms. The molecule has 9 heteroatoms. The summed E-state index contributed by atoms with van der Waals surface area (Å²) in [7, 11) is 0. The molecule has 0 radical (unpaired) electrons. The van der Waals surface area contributed by atoms with Crippen molar-refractivity contribution < 1.29 is 19.1 Å². The Hall–Kier alpha value is -3.20. The van der Waals surface area contributed by atoms with E-state index in [1.807, 2.05) is 17.5 Å². The number of rotatable bonds is 10. The van der Waals surface area contributed by atoms with Gasteiger partial charge in [0.05, 0.1) is 19.1 Å². The molecule has 29 heavy (non-hydrogen) atoms. The smallest absolute Gasteiger partial charge is 0.308 e. The number of anilines is 1. The average Bonchev–Trinajstić information content (AvgIpc) is 3.21. The highest BCUT2D eigenvalue weighted by molar-refractivity contribution is 7.10. The number of nitrogens with two attached hydrogens (primary N) is 1. The molecule has 0 fully saturated rings. The Morgan fingerprint density at radius 3 is 2.41 bits per heavy atom. The highest BCUT2D eigenvalue weighted by Gasteiger charge is 2.20. The third-order valence-corrected chi connectivity index (χ3v) is 4.94. The SMILES string of the molecule is CCOC(=O)CC(NC(=O)CCC(=O)Nc1ccc(C(=N)N)cc1)c1cccs1. The van der Waals surface area contributed by atoms with Crippen molar-refractivity contribution in [3.63, 3.8) is 0 Å². The minimum absolute atomic E-state index is 0.00312. The van der Waals surface area contributed by atoms with Crippen LogP contribution in [0.15, 0.2) is 41.8 Å². The second kappa shape index (κ2) is 11.0. The summed E-state index contributed by atoms with van der Waals surface area (Å²) in [5, 5.41) is 14.7. The molecule has 1 atom stereocenters. The van der Waals surface area contributed by atoms with Crippen LogP contribution in [0.5, 0.6) is 0 Å². The summed E-state index contributed by atoms with van der Waals surface area (Å²) < 4.78 is 4.97. The molecular weight excluding hydrogens is 392 g/mol. The number of hydrogen-bond donors (Lipinski definition) is 4. The molecule has 0 aliphatic carbocycles. The Kier molecular flexibility index (Phi) is 8.35. The number of carbonyl (C=O) groups excluding carboxylic acids is 3. The first kappa shape index (κ1) is 22.1. The fourth-order valence-corrected chi connectivity index (χ4v) is 3.33. The Balaban J connectivity index is 1.85. The van der Waals surface area contributed by atoms with Gasteiger partial charge >= 0.3 is 5.97 Å². The summed E-state index contributed by atoms with van der Waals surface area (Å²) in [6, 6.07) is 9.74. The highest BCUT2D eigenvalue weighted by atomic mass is 32.1. The number of benzene rings is 1. The third kappa shape index (κ3) is 7.38. The van der Waals surface area contributed by atoms with Crippen LogP contribution in [0.25, 0.3) is 0 Å². The van der Waals surface area contributed by atoms with E-state index in [4.69, 9.17) is 15.9 Å². The van der Waals surface area contributed by atoms with E-state index in [9.17, 15) is 14.4 Å². The second-order valence-corrected chi connectivity index (χ2v) is 7.16. The molecule has 0 saturated carbocycles. The Morgan fingerprint density at radius 2 is 1.83 bits per heavy atom. The third-order valence-electron chi connectivity index (χ3n) is 3.96. The maximum Gasteiger partial charge on any atom is 0.308 e. The lowest BCUT2D eigenvalue weighted by molar-refractivity contribution is -0.143.